The first-order valence-electron chi connectivity index (χ1n) is 7.46. The molecule has 0 spiro atoms. The maximum absolute atomic E-state index is 12.1. The summed E-state index contributed by atoms with van der Waals surface area (Å²) in [6.45, 7) is 3.75. The van der Waals surface area contributed by atoms with Gasteiger partial charge in [0.05, 0.1) is 6.54 Å². The predicted molar refractivity (Wildman–Crippen MR) is 87.0 cm³/mol. The van der Waals surface area contributed by atoms with E-state index in [1.165, 1.54) is 10.5 Å². The Morgan fingerprint density at radius 2 is 2.04 bits per heavy atom. The second-order valence-corrected chi connectivity index (χ2v) is 5.61. The minimum atomic E-state index is -0.301. The molecule has 1 heterocycles. The van der Waals surface area contributed by atoms with Crippen LogP contribution in [0.25, 0.3) is 0 Å². The second-order valence-electron chi connectivity index (χ2n) is 5.61. The maximum atomic E-state index is 12.1. The molecule has 0 saturated heterocycles. The number of anilines is 1. The molecule has 0 atom stereocenters. The summed E-state index contributed by atoms with van der Waals surface area (Å²) in [6.07, 6.45) is 1.03. The minimum absolute atomic E-state index is 0.0153. The van der Waals surface area contributed by atoms with Gasteiger partial charge in [-0.25, -0.2) is 0 Å². The number of nitrogens with one attached hydrogen (secondary N) is 1. The number of hydrogen-bond acceptors (Lipinski definition) is 4. The molecule has 2 amide bonds. The molecular weight excluding hydrogens is 294 g/mol. The lowest BCUT2D eigenvalue weighted by Crippen LogP contribution is -2.35. The monoisotopic (exact) mass is 315 g/mol. The van der Waals surface area contributed by atoms with Crippen LogP contribution in [0.5, 0.6) is 0 Å². The van der Waals surface area contributed by atoms with E-state index in [1.54, 1.807) is 20.0 Å². The molecule has 1 aromatic carbocycles. The van der Waals surface area contributed by atoms with E-state index in [9.17, 15) is 9.59 Å². The van der Waals surface area contributed by atoms with Crippen LogP contribution in [0.2, 0.25) is 0 Å². The van der Waals surface area contributed by atoms with Crippen LogP contribution in [0.15, 0.2) is 34.9 Å². The summed E-state index contributed by atoms with van der Waals surface area (Å²) < 4.78 is 4.87. The molecule has 0 radical (unpaired) electrons. The van der Waals surface area contributed by atoms with Gasteiger partial charge in [0.25, 0.3) is 0 Å². The summed E-state index contributed by atoms with van der Waals surface area (Å²) in [6, 6.07) is 9.68. The topological polar surface area (TPSA) is 75.4 Å². The molecule has 0 unspecified atom stereocenters. The van der Waals surface area contributed by atoms with Gasteiger partial charge in [-0.3, -0.25) is 9.59 Å². The SMILES string of the molecule is Cc1cccc(CCC(=O)N(C)CC(=O)Nc2cc(C)on2)c1. The molecule has 6 nitrogen and oxygen atoms in total. The number of aromatic nitrogens is 1. The molecule has 0 bridgehead atoms. The summed E-state index contributed by atoms with van der Waals surface area (Å²) in [4.78, 5) is 25.4. The average molecular weight is 315 g/mol. The van der Waals surface area contributed by atoms with Gasteiger partial charge in [0.2, 0.25) is 11.8 Å². The van der Waals surface area contributed by atoms with Crippen molar-refractivity contribution in [3.05, 3.63) is 47.2 Å². The van der Waals surface area contributed by atoms with Crippen LogP contribution in [0.3, 0.4) is 0 Å². The number of carbonyl (C=O) groups excluding carboxylic acids is 2. The predicted octanol–water partition coefficient (Wildman–Crippen LogP) is 2.32. The highest BCUT2D eigenvalue weighted by Gasteiger charge is 2.14. The van der Waals surface area contributed by atoms with E-state index >= 15 is 0 Å². The van der Waals surface area contributed by atoms with Crippen molar-refractivity contribution in [1.82, 2.24) is 10.1 Å². The Kier molecular flexibility index (Phi) is 5.51. The molecule has 0 aliphatic heterocycles. The molecule has 122 valence electrons. The van der Waals surface area contributed by atoms with E-state index < -0.39 is 0 Å². The first-order chi connectivity index (χ1) is 10.9. The van der Waals surface area contributed by atoms with E-state index in [4.69, 9.17) is 4.52 Å². The lowest BCUT2D eigenvalue weighted by molar-refractivity contribution is -0.133. The molecule has 2 rings (SSSR count). The molecule has 0 saturated carbocycles. The maximum Gasteiger partial charge on any atom is 0.245 e. The fourth-order valence-electron chi connectivity index (χ4n) is 2.22. The zero-order chi connectivity index (χ0) is 16.8. The standard InChI is InChI=1S/C17H21N3O3/c1-12-5-4-6-14(9-12)7-8-17(22)20(3)11-16(21)18-15-10-13(2)23-19-15/h4-6,9-10H,7-8,11H2,1-3H3,(H,18,19,21). The van der Waals surface area contributed by atoms with Crippen LogP contribution in [-0.2, 0) is 16.0 Å². The Balaban J connectivity index is 1.79. The van der Waals surface area contributed by atoms with Gasteiger partial charge in [-0.2, -0.15) is 0 Å². The van der Waals surface area contributed by atoms with Gasteiger partial charge >= 0.3 is 0 Å². The van der Waals surface area contributed by atoms with Gasteiger partial charge in [-0.1, -0.05) is 35.0 Å². The van der Waals surface area contributed by atoms with Crippen molar-refractivity contribution >= 4 is 17.6 Å². The highest BCUT2D eigenvalue weighted by atomic mass is 16.5. The molecule has 2 aromatic rings. The molecule has 1 aromatic heterocycles. The van der Waals surface area contributed by atoms with Crippen molar-refractivity contribution in [2.24, 2.45) is 0 Å². The molecule has 1 N–H and O–H groups in total. The lowest BCUT2D eigenvalue weighted by atomic mass is 10.1. The number of nitrogens with zero attached hydrogens (tertiary/aromatic N) is 2. The third-order valence-corrected chi connectivity index (χ3v) is 3.41. The third kappa shape index (κ3) is 5.25. The Morgan fingerprint density at radius 3 is 2.70 bits per heavy atom. The number of hydrogen-bond donors (Lipinski definition) is 1. The van der Waals surface area contributed by atoms with Crippen LogP contribution in [0.4, 0.5) is 5.82 Å². The number of likely N-dealkylation sites (N-methyl/N-ethyl adjacent to an activating group) is 1. The van der Waals surface area contributed by atoms with Crippen molar-refractivity contribution in [3.63, 3.8) is 0 Å². The Morgan fingerprint density at radius 1 is 1.26 bits per heavy atom. The van der Waals surface area contributed by atoms with Crippen LogP contribution >= 0.6 is 0 Å². The zero-order valence-electron chi connectivity index (χ0n) is 13.6. The normalized spacial score (nSPS) is 10.4. The fourth-order valence-corrected chi connectivity index (χ4v) is 2.22. The number of amides is 2. The van der Waals surface area contributed by atoms with Gasteiger partial charge in [0, 0.05) is 19.5 Å². The number of carbonyl (C=O) groups is 2. The lowest BCUT2D eigenvalue weighted by Gasteiger charge is -2.16. The van der Waals surface area contributed by atoms with E-state index in [1.807, 2.05) is 25.1 Å². The van der Waals surface area contributed by atoms with Gasteiger partial charge in [0.1, 0.15) is 5.76 Å². The van der Waals surface area contributed by atoms with Gasteiger partial charge in [-0.05, 0) is 25.8 Å². The number of aryl methyl sites for hydroxylation is 3. The summed E-state index contributed by atoms with van der Waals surface area (Å²) in [5.74, 6) is 0.596. The molecular formula is C17H21N3O3. The quantitative estimate of drug-likeness (QED) is 0.887. The zero-order valence-corrected chi connectivity index (χ0v) is 13.6. The van der Waals surface area contributed by atoms with Gasteiger partial charge < -0.3 is 14.7 Å². The Bertz CT molecular complexity index is 694. The number of benzene rings is 1. The summed E-state index contributed by atoms with van der Waals surface area (Å²) in [5.41, 5.74) is 2.29. The van der Waals surface area contributed by atoms with Crippen molar-refractivity contribution in [2.75, 3.05) is 18.9 Å². The third-order valence-electron chi connectivity index (χ3n) is 3.41. The largest absolute Gasteiger partial charge is 0.360 e. The molecule has 6 heteroatoms. The Hall–Kier alpha value is -2.63. The van der Waals surface area contributed by atoms with Crippen LogP contribution in [-0.4, -0.2) is 35.5 Å². The molecule has 0 fully saturated rings. The summed E-state index contributed by atoms with van der Waals surface area (Å²) >= 11 is 0. The summed E-state index contributed by atoms with van der Waals surface area (Å²) in [5, 5.41) is 6.27. The smallest absolute Gasteiger partial charge is 0.245 e. The Labute approximate surface area is 135 Å². The molecule has 0 aliphatic rings. The average Bonchev–Trinajstić information content (AvgIpc) is 2.89. The van der Waals surface area contributed by atoms with Crippen LogP contribution < -0.4 is 5.32 Å². The van der Waals surface area contributed by atoms with E-state index in [0.717, 1.165) is 5.56 Å². The van der Waals surface area contributed by atoms with Crippen molar-refractivity contribution in [1.29, 1.82) is 0 Å². The minimum Gasteiger partial charge on any atom is -0.360 e. The van der Waals surface area contributed by atoms with Crippen molar-refractivity contribution in [2.45, 2.75) is 26.7 Å². The van der Waals surface area contributed by atoms with Gasteiger partial charge in [-0.15, -0.1) is 0 Å². The molecule has 0 aliphatic carbocycles. The number of rotatable bonds is 6. The fraction of sp³-hybridized carbons (Fsp3) is 0.353. The van der Waals surface area contributed by atoms with E-state index in [2.05, 4.69) is 16.5 Å². The molecule has 23 heavy (non-hydrogen) atoms. The first kappa shape index (κ1) is 16.7. The highest BCUT2D eigenvalue weighted by Crippen LogP contribution is 2.09. The van der Waals surface area contributed by atoms with E-state index in [-0.39, 0.29) is 18.4 Å². The second kappa shape index (κ2) is 7.58. The van der Waals surface area contributed by atoms with Crippen LogP contribution in [0, 0.1) is 13.8 Å². The van der Waals surface area contributed by atoms with Crippen molar-refractivity contribution < 1.29 is 14.1 Å². The van der Waals surface area contributed by atoms with Crippen LogP contribution in [0.1, 0.15) is 23.3 Å². The summed E-state index contributed by atoms with van der Waals surface area (Å²) in [7, 11) is 1.62. The van der Waals surface area contributed by atoms with Crippen molar-refractivity contribution in [3.8, 4) is 0 Å². The first-order valence-corrected chi connectivity index (χ1v) is 7.46. The highest BCUT2D eigenvalue weighted by molar-refractivity contribution is 5.93. The van der Waals surface area contributed by atoms with Gasteiger partial charge in [0.15, 0.2) is 5.82 Å². The van der Waals surface area contributed by atoms with E-state index in [0.29, 0.717) is 24.4 Å².